The van der Waals surface area contributed by atoms with E-state index in [9.17, 15) is 0 Å². The summed E-state index contributed by atoms with van der Waals surface area (Å²) in [5, 5.41) is 24.6. The van der Waals surface area contributed by atoms with Crippen LogP contribution in [0.3, 0.4) is 0 Å². The Balaban J connectivity index is 0. The maximum Gasteiger partial charge on any atom is 0.126 e. The minimum absolute atomic E-state index is 0.0350. The Labute approximate surface area is 89.6 Å². The van der Waals surface area contributed by atoms with Gasteiger partial charge in [-0.1, -0.05) is 0 Å². The quantitative estimate of drug-likeness (QED) is 0.223. The molecule has 0 aliphatic rings. The number of hydrogen-bond acceptors (Lipinski definition) is 7. The third kappa shape index (κ3) is 24.8. The molecule has 7 N–H and O–H groups in total. The second kappa shape index (κ2) is 16.2. The minimum Gasteiger partial charge on any atom is -0.394 e. The summed E-state index contributed by atoms with van der Waals surface area (Å²) in [5.41, 5.74) is 9.94. The van der Waals surface area contributed by atoms with Gasteiger partial charge in [0.15, 0.2) is 0 Å². The maximum absolute atomic E-state index is 8.35. The van der Waals surface area contributed by atoms with Gasteiger partial charge in [-0.15, -0.1) is 0 Å². The van der Waals surface area contributed by atoms with Gasteiger partial charge >= 0.3 is 0 Å². The molecule has 0 aliphatic heterocycles. The van der Waals surface area contributed by atoms with Crippen molar-refractivity contribution in [3.63, 3.8) is 0 Å². The Bertz CT molecular complexity index is 101. The Kier molecular flexibility index (Phi) is 18.5. The predicted octanol–water partition coefficient (Wildman–Crippen LogP) is -2.77. The van der Waals surface area contributed by atoms with Gasteiger partial charge in [0.1, 0.15) is 6.23 Å². The summed E-state index contributed by atoms with van der Waals surface area (Å²) in [5.74, 6) is 0. The third-order valence-electron chi connectivity index (χ3n) is 1.02. The molecule has 0 heterocycles. The largest absolute Gasteiger partial charge is 0.394 e. The van der Waals surface area contributed by atoms with Crippen LogP contribution in [0.4, 0.5) is 0 Å². The fraction of sp³-hybridized carbons (Fsp3) is 1.00. The van der Waals surface area contributed by atoms with Crippen LogP contribution in [0.25, 0.3) is 0 Å². The maximum atomic E-state index is 8.35. The van der Waals surface area contributed by atoms with E-state index in [0.29, 0.717) is 19.8 Å². The molecule has 7 nitrogen and oxygen atoms in total. The summed E-state index contributed by atoms with van der Waals surface area (Å²) in [6.07, 6.45) is -0.929. The number of hydrogen-bond donors (Lipinski definition) is 5. The zero-order valence-electron chi connectivity index (χ0n) is 8.84. The molecule has 0 bridgehead atoms. The van der Waals surface area contributed by atoms with E-state index in [1.54, 1.807) is 0 Å². The van der Waals surface area contributed by atoms with E-state index in [1.165, 1.54) is 0 Å². The Hall–Kier alpha value is -0.280. The lowest BCUT2D eigenvalue weighted by molar-refractivity contribution is 0.0243. The summed E-state index contributed by atoms with van der Waals surface area (Å²) in [6.45, 7) is 1.83. The first-order valence-corrected chi connectivity index (χ1v) is 4.70. The van der Waals surface area contributed by atoms with Crippen molar-refractivity contribution in [3.8, 4) is 0 Å². The highest BCUT2D eigenvalue weighted by Gasteiger charge is 1.92. The molecule has 7 heteroatoms. The van der Waals surface area contributed by atoms with Gasteiger partial charge in [-0.2, -0.15) is 0 Å². The van der Waals surface area contributed by atoms with Crippen LogP contribution in [-0.2, 0) is 9.47 Å². The van der Waals surface area contributed by atoms with E-state index >= 15 is 0 Å². The number of rotatable bonds is 8. The highest BCUT2D eigenvalue weighted by Crippen LogP contribution is 1.74. The fourth-order valence-electron chi connectivity index (χ4n) is 0.519. The third-order valence-corrected chi connectivity index (χ3v) is 1.02. The van der Waals surface area contributed by atoms with Crippen molar-refractivity contribution in [1.29, 1.82) is 0 Å². The van der Waals surface area contributed by atoms with Gasteiger partial charge in [-0.25, -0.2) is 0 Å². The average Bonchev–Trinajstić information content (AvgIpc) is 2.20. The van der Waals surface area contributed by atoms with E-state index in [0.717, 1.165) is 0 Å². The first-order chi connectivity index (χ1) is 7.18. The molecule has 0 aromatic rings. The van der Waals surface area contributed by atoms with Crippen molar-refractivity contribution < 1.29 is 24.8 Å². The molecule has 1 atom stereocenters. The smallest absolute Gasteiger partial charge is 0.126 e. The zero-order chi connectivity index (χ0) is 11.9. The van der Waals surface area contributed by atoms with Crippen molar-refractivity contribution >= 4 is 0 Å². The van der Waals surface area contributed by atoms with Gasteiger partial charge in [0.25, 0.3) is 0 Å². The summed E-state index contributed by atoms with van der Waals surface area (Å²) in [4.78, 5) is 0. The van der Waals surface area contributed by atoms with Crippen LogP contribution in [0.15, 0.2) is 0 Å². The molecular formula is C8H22N2O5. The van der Waals surface area contributed by atoms with Crippen LogP contribution < -0.4 is 11.5 Å². The Morgan fingerprint density at radius 1 is 1.00 bits per heavy atom. The second-order valence-electron chi connectivity index (χ2n) is 2.49. The standard InChI is InChI=1S/C4H11NO3.C4H11NO2/c5-4(7)3-8-2-1-6;5-1-3-7-4-2-6/h4,6-7H,1-3,5H2;6H,1-5H2. The molecule has 0 spiro atoms. The van der Waals surface area contributed by atoms with Crippen molar-refractivity contribution in [2.75, 3.05) is 46.2 Å². The SMILES string of the molecule is NC(O)COCCO.NCCOCCO. The zero-order valence-corrected chi connectivity index (χ0v) is 8.84. The van der Waals surface area contributed by atoms with Gasteiger partial charge in [-0.05, 0) is 0 Å². The van der Waals surface area contributed by atoms with Gasteiger partial charge in [0, 0.05) is 6.54 Å². The summed E-state index contributed by atoms with van der Waals surface area (Å²) in [7, 11) is 0. The number of ether oxygens (including phenoxy) is 2. The Morgan fingerprint density at radius 3 is 1.93 bits per heavy atom. The number of aliphatic hydroxyl groups is 3. The topological polar surface area (TPSA) is 131 Å². The summed E-state index contributed by atoms with van der Waals surface area (Å²) in [6, 6.07) is 0. The summed E-state index contributed by atoms with van der Waals surface area (Å²) >= 11 is 0. The van der Waals surface area contributed by atoms with E-state index in [-0.39, 0.29) is 26.4 Å². The highest BCUT2D eigenvalue weighted by atomic mass is 16.5. The summed E-state index contributed by atoms with van der Waals surface area (Å²) < 4.78 is 9.38. The molecule has 0 rings (SSSR count). The molecule has 0 radical (unpaired) electrons. The first kappa shape index (κ1) is 17.1. The molecule has 0 aromatic carbocycles. The molecule has 94 valence electrons. The van der Waals surface area contributed by atoms with Crippen LogP contribution in [-0.4, -0.2) is 67.7 Å². The average molecular weight is 226 g/mol. The van der Waals surface area contributed by atoms with Crippen LogP contribution in [0.5, 0.6) is 0 Å². The van der Waals surface area contributed by atoms with Crippen LogP contribution in [0.1, 0.15) is 0 Å². The minimum atomic E-state index is -0.929. The van der Waals surface area contributed by atoms with Gasteiger partial charge < -0.3 is 36.3 Å². The molecule has 1 unspecified atom stereocenters. The van der Waals surface area contributed by atoms with Crippen molar-refractivity contribution in [2.24, 2.45) is 11.5 Å². The van der Waals surface area contributed by atoms with Crippen molar-refractivity contribution in [3.05, 3.63) is 0 Å². The number of aliphatic hydroxyl groups excluding tert-OH is 3. The van der Waals surface area contributed by atoms with Gasteiger partial charge in [-0.3, -0.25) is 0 Å². The normalized spacial score (nSPS) is 11.8. The van der Waals surface area contributed by atoms with E-state index in [2.05, 4.69) is 4.74 Å². The molecule has 0 aliphatic carbocycles. The first-order valence-electron chi connectivity index (χ1n) is 4.70. The predicted molar refractivity (Wildman–Crippen MR) is 55.1 cm³/mol. The van der Waals surface area contributed by atoms with Gasteiger partial charge in [0.2, 0.25) is 0 Å². The Morgan fingerprint density at radius 2 is 1.53 bits per heavy atom. The molecular weight excluding hydrogens is 204 g/mol. The van der Waals surface area contributed by atoms with E-state index < -0.39 is 6.23 Å². The van der Waals surface area contributed by atoms with Crippen LogP contribution in [0.2, 0.25) is 0 Å². The molecule has 0 aromatic heterocycles. The van der Waals surface area contributed by atoms with Crippen molar-refractivity contribution in [1.82, 2.24) is 0 Å². The lowest BCUT2D eigenvalue weighted by Crippen LogP contribution is -2.25. The highest BCUT2D eigenvalue weighted by molar-refractivity contribution is 4.37. The molecule has 0 amide bonds. The van der Waals surface area contributed by atoms with Crippen LogP contribution in [0, 0.1) is 0 Å². The van der Waals surface area contributed by atoms with E-state index in [4.69, 9.17) is 31.5 Å². The number of nitrogens with two attached hydrogens (primary N) is 2. The van der Waals surface area contributed by atoms with E-state index in [1.807, 2.05) is 0 Å². The van der Waals surface area contributed by atoms with Gasteiger partial charge in [0.05, 0.1) is 39.6 Å². The molecule has 0 fully saturated rings. The lowest BCUT2D eigenvalue weighted by atomic mass is 10.6. The van der Waals surface area contributed by atoms with Crippen molar-refractivity contribution in [2.45, 2.75) is 6.23 Å². The van der Waals surface area contributed by atoms with Crippen LogP contribution >= 0.6 is 0 Å². The monoisotopic (exact) mass is 226 g/mol. The fourth-order valence-corrected chi connectivity index (χ4v) is 0.519. The lowest BCUT2D eigenvalue weighted by Gasteiger charge is -2.02. The second-order valence-corrected chi connectivity index (χ2v) is 2.49. The molecule has 15 heavy (non-hydrogen) atoms. The molecule has 0 saturated heterocycles. The molecule has 0 saturated carbocycles.